The number of pyridine rings is 1. The molecule has 12 heteroatoms. The van der Waals surface area contributed by atoms with Crippen LogP contribution in [0.2, 0.25) is 0 Å². The lowest BCUT2D eigenvalue weighted by Gasteiger charge is -2.41. The molecule has 3 heterocycles. The lowest BCUT2D eigenvalue weighted by molar-refractivity contribution is -0.325. The van der Waals surface area contributed by atoms with Gasteiger partial charge in [0.15, 0.2) is 11.5 Å². The number of amides is 1. The van der Waals surface area contributed by atoms with Crippen LogP contribution in [0.5, 0.6) is 17.4 Å². The molecule has 190 valence electrons. The van der Waals surface area contributed by atoms with Crippen LogP contribution >= 0.6 is 0 Å². The van der Waals surface area contributed by atoms with Gasteiger partial charge in [-0.15, -0.1) is 13.2 Å². The van der Waals surface area contributed by atoms with Crippen molar-refractivity contribution in [3.8, 4) is 17.4 Å². The molecule has 2 aliphatic rings. The molecule has 0 radical (unpaired) electrons. The summed E-state index contributed by atoms with van der Waals surface area (Å²) in [5.41, 5.74) is 0.245. The molecule has 2 aromatic rings. The summed E-state index contributed by atoms with van der Waals surface area (Å²) in [5, 5.41) is 0. The smallest absolute Gasteiger partial charge is 0.493 e. The van der Waals surface area contributed by atoms with Crippen molar-refractivity contribution in [2.75, 3.05) is 47.3 Å². The zero-order valence-corrected chi connectivity index (χ0v) is 19.2. The number of piperidine rings is 1. The molecule has 2 aliphatic heterocycles. The molecule has 35 heavy (non-hydrogen) atoms. The quantitative estimate of drug-likeness (QED) is 0.513. The highest BCUT2D eigenvalue weighted by Gasteiger charge is 2.52. The van der Waals surface area contributed by atoms with Crippen molar-refractivity contribution < 1.29 is 46.4 Å². The number of hydrogen-bond acceptors (Lipinski definition) is 8. The van der Waals surface area contributed by atoms with Crippen molar-refractivity contribution in [1.29, 1.82) is 0 Å². The van der Waals surface area contributed by atoms with Gasteiger partial charge in [0.25, 0.3) is 5.91 Å². The predicted octanol–water partition coefficient (Wildman–Crippen LogP) is 3.13. The molecule has 0 aliphatic carbocycles. The fourth-order valence-corrected chi connectivity index (χ4v) is 4.20. The molecule has 2 unspecified atom stereocenters. The summed E-state index contributed by atoms with van der Waals surface area (Å²) in [6, 6.07) is 9.92. The van der Waals surface area contributed by atoms with E-state index in [2.05, 4.69) is 9.72 Å². The summed E-state index contributed by atoms with van der Waals surface area (Å²) < 4.78 is 67.6. The van der Waals surface area contributed by atoms with Crippen LogP contribution in [-0.4, -0.2) is 75.6 Å². The van der Waals surface area contributed by atoms with E-state index in [-0.39, 0.29) is 37.4 Å². The highest BCUT2D eigenvalue weighted by Crippen LogP contribution is 2.42. The summed E-state index contributed by atoms with van der Waals surface area (Å²) in [7, 11) is 2.91. The molecule has 4 rings (SSSR count). The van der Waals surface area contributed by atoms with Crippen LogP contribution in [0.1, 0.15) is 22.5 Å². The topological polar surface area (TPSA) is 88.6 Å². The van der Waals surface area contributed by atoms with Gasteiger partial charge >= 0.3 is 6.36 Å². The van der Waals surface area contributed by atoms with E-state index >= 15 is 0 Å². The molecule has 0 spiro atoms. The summed E-state index contributed by atoms with van der Waals surface area (Å²) in [4.78, 5) is 19.4. The van der Waals surface area contributed by atoms with Crippen molar-refractivity contribution in [1.82, 2.24) is 9.88 Å². The van der Waals surface area contributed by atoms with Crippen LogP contribution in [0.25, 0.3) is 0 Å². The normalized spacial score (nSPS) is 22.0. The molecule has 2 saturated heterocycles. The van der Waals surface area contributed by atoms with Gasteiger partial charge in [0.2, 0.25) is 5.88 Å². The third-order valence-electron chi connectivity index (χ3n) is 5.92. The first-order valence-corrected chi connectivity index (χ1v) is 10.8. The Kier molecular flexibility index (Phi) is 7.33. The second-order valence-corrected chi connectivity index (χ2v) is 7.88. The van der Waals surface area contributed by atoms with Crippen LogP contribution in [0, 0.1) is 0 Å². The first-order chi connectivity index (χ1) is 16.8. The van der Waals surface area contributed by atoms with Crippen LogP contribution in [-0.2, 0) is 19.8 Å². The number of methoxy groups -OCH3 is 2. The summed E-state index contributed by atoms with van der Waals surface area (Å²) in [6.45, 7) is -0.243. The maximum absolute atomic E-state index is 13.2. The van der Waals surface area contributed by atoms with Crippen molar-refractivity contribution in [3.63, 3.8) is 0 Å². The zero-order valence-electron chi connectivity index (χ0n) is 19.2. The van der Waals surface area contributed by atoms with Gasteiger partial charge in [-0.3, -0.25) is 9.53 Å². The fraction of sp³-hybridized carbons (Fsp3) is 0.478. The Morgan fingerprint density at radius 3 is 2.74 bits per heavy atom. The van der Waals surface area contributed by atoms with Crippen molar-refractivity contribution in [3.05, 3.63) is 47.7 Å². The molecule has 1 aromatic carbocycles. The Labute approximate surface area is 199 Å². The van der Waals surface area contributed by atoms with E-state index in [0.717, 1.165) is 0 Å². The summed E-state index contributed by atoms with van der Waals surface area (Å²) in [5.74, 6) is 0.626. The van der Waals surface area contributed by atoms with Gasteiger partial charge in [-0.2, -0.15) is 0 Å². The predicted molar refractivity (Wildman–Crippen MR) is 114 cm³/mol. The number of ether oxygens (including phenoxy) is 6. The Morgan fingerprint density at radius 2 is 2.00 bits per heavy atom. The summed E-state index contributed by atoms with van der Waals surface area (Å²) in [6.07, 6.45) is -4.67. The number of alkyl halides is 3. The third kappa shape index (κ3) is 5.44. The summed E-state index contributed by atoms with van der Waals surface area (Å²) >= 11 is 0. The fourth-order valence-electron chi connectivity index (χ4n) is 4.20. The standard InChI is InChI=1S/C23H25F3N2O7/c1-30-17-12-15(6-7-16(17)32-10-11-34-23(24,25)26)21(29)28-9-8-22(19(13-28)33-14-35-22)18-4-3-5-20(27-18)31-2/h3-7,12,19H,8-11,13-14H2,1-2H3. The molecule has 2 atom stereocenters. The third-order valence-corrected chi connectivity index (χ3v) is 5.92. The van der Waals surface area contributed by atoms with Gasteiger partial charge in [0.1, 0.15) is 25.1 Å². The van der Waals surface area contributed by atoms with Gasteiger partial charge in [0.05, 0.1) is 33.1 Å². The Hall–Kier alpha value is -3.09. The van der Waals surface area contributed by atoms with Crippen LogP contribution in [0.3, 0.4) is 0 Å². The first-order valence-electron chi connectivity index (χ1n) is 10.8. The Morgan fingerprint density at radius 1 is 1.17 bits per heavy atom. The Balaban J connectivity index is 1.44. The van der Waals surface area contributed by atoms with E-state index in [9.17, 15) is 18.0 Å². The van der Waals surface area contributed by atoms with Crippen molar-refractivity contribution in [2.24, 2.45) is 0 Å². The molecule has 2 fully saturated rings. The van der Waals surface area contributed by atoms with E-state index in [4.69, 9.17) is 23.7 Å². The molecular formula is C23H25F3N2O7. The number of nitrogens with zero attached hydrogens (tertiary/aromatic N) is 2. The average Bonchev–Trinajstić information content (AvgIpc) is 3.30. The van der Waals surface area contributed by atoms with E-state index in [1.165, 1.54) is 32.4 Å². The molecule has 1 amide bonds. The second-order valence-electron chi connectivity index (χ2n) is 7.88. The maximum Gasteiger partial charge on any atom is 0.522 e. The van der Waals surface area contributed by atoms with E-state index in [0.29, 0.717) is 30.1 Å². The number of hydrogen-bond donors (Lipinski definition) is 0. The largest absolute Gasteiger partial charge is 0.522 e. The zero-order chi connectivity index (χ0) is 25.1. The number of benzene rings is 1. The lowest BCUT2D eigenvalue weighted by atomic mass is 9.85. The van der Waals surface area contributed by atoms with Crippen LogP contribution in [0.4, 0.5) is 13.2 Å². The van der Waals surface area contributed by atoms with Gasteiger partial charge in [-0.05, 0) is 24.3 Å². The molecule has 0 bridgehead atoms. The first kappa shape index (κ1) is 25.0. The van der Waals surface area contributed by atoms with Crippen molar-refractivity contribution >= 4 is 5.91 Å². The molecule has 0 N–H and O–H groups in total. The number of aromatic nitrogens is 1. The van der Waals surface area contributed by atoms with Crippen molar-refractivity contribution in [2.45, 2.75) is 24.5 Å². The minimum absolute atomic E-state index is 0.0868. The van der Waals surface area contributed by atoms with Crippen LogP contribution in [0.15, 0.2) is 36.4 Å². The molecular weight excluding hydrogens is 473 g/mol. The molecule has 0 saturated carbocycles. The minimum atomic E-state index is -4.73. The number of likely N-dealkylation sites (tertiary alicyclic amines) is 1. The number of carbonyl (C=O) groups excluding carboxylic acids is 1. The number of carbonyl (C=O) groups is 1. The highest BCUT2D eigenvalue weighted by molar-refractivity contribution is 5.95. The lowest BCUT2D eigenvalue weighted by Crippen LogP contribution is -2.53. The molecule has 9 nitrogen and oxygen atoms in total. The monoisotopic (exact) mass is 498 g/mol. The number of rotatable bonds is 8. The van der Waals surface area contributed by atoms with Gasteiger partial charge in [-0.1, -0.05) is 6.07 Å². The number of halogens is 3. The maximum atomic E-state index is 13.2. The van der Waals surface area contributed by atoms with Gasteiger partial charge < -0.3 is 28.6 Å². The van der Waals surface area contributed by atoms with Gasteiger partial charge in [0, 0.05) is 24.6 Å². The van der Waals surface area contributed by atoms with Crippen LogP contribution < -0.4 is 14.2 Å². The minimum Gasteiger partial charge on any atom is -0.493 e. The second kappa shape index (κ2) is 10.3. The number of fused-ring (bicyclic) bond motifs is 1. The average molecular weight is 498 g/mol. The van der Waals surface area contributed by atoms with E-state index < -0.39 is 24.7 Å². The SMILES string of the molecule is COc1cccc(C23CCN(C(=O)c4ccc(OCCOC(F)(F)F)c(OC)c4)CC2OCO3)n1. The highest BCUT2D eigenvalue weighted by atomic mass is 19.4. The Bertz CT molecular complexity index is 1050. The van der Waals surface area contributed by atoms with E-state index in [1.807, 2.05) is 12.1 Å². The van der Waals surface area contributed by atoms with Gasteiger partial charge in [-0.25, -0.2) is 4.98 Å². The molecule has 1 aromatic heterocycles. The van der Waals surface area contributed by atoms with E-state index in [1.54, 1.807) is 11.0 Å².